The minimum Gasteiger partial charge on any atom is -0.481 e. The molecule has 17 heavy (non-hydrogen) atoms. The molecular weight excluding hydrogens is 236 g/mol. The van der Waals surface area contributed by atoms with E-state index in [1.807, 2.05) is 5.38 Å². The quantitative estimate of drug-likeness (QED) is 0.811. The zero-order valence-corrected chi connectivity index (χ0v) is 10.6. The van der Waals surface area contributed by atoms with Crippen LogP contribution in [0.15, 0.2) is 11.6 Å². The van der Waals surface area contributed by atoms with Crippen molar-refractivity contribution in [2.75, 3.05) is 11.9 Å². The third-order valence-electron chi connectivity index (χ3n) is 3.52. The zero-order valence-electron chi connectivity index (χ0n) is 9.82. The van der Waals surface area contributed by atoms with E-state index in [1.165, 1.54) is 11.3 Å². The minimum atomic E-state index is -0.663. The van der Waals surface area contributed by atoms with Crippen molar-refractivity contribution in [3.63, 3.8) is 0 Å². The van der Waals surface area contributed by atoms with Gasteiger partial charge >= 0.3 is 5.97 Å². The molecular formula is C12H18N2O2S. The lowest BCUT2D eigenvalue weighted by molar-refractivity contribution is -0.149. The monoisotopic (exact) mass is 254 g/mol. The van der Waals surface area contributed by atoms with Crippen LogP contribution < -0.4 is 5.32 Å². The molecule has 0 radical (unpaired) electrons. The third kappa shape index (κ3) is 2.97. The summed E-state index contributed by atoms with van der Waals surface area (Å²) in [5.41, 5.74) is -0.595. The van der Waals surface area contributed by atoms with Crippen LogP contribution in [0.4, 0.5) is 5.13 Å². The molecule has 0 unspecified atom stereocenters. The number of anilines is 1. The molecule has 0 bridgehead atoms. The maximum absolute atomic E-state index is 11.5. The van der Waals surface area contributed by atoms with E-state index in [2.05, 4.69) is 10.3 Å². The van der Waals surface area contributed by atoms with Gasteiger partial charge in [-0.25, -0.2) is 4.98 Å². The number of rotatable bonds is 4. The fourth-order valence-corrected chi connectivity index (χ4v) is 2.95. The molecule has 1 fully saturated rings. The molecule has 4 nitrogen and oxygen atoms in total. The molecule has 1 aromatic rings. The van der Waals surface area contributed by atoms with Crippen LogP contribution in [0.25, 0.3) is 0 Å². The number of carboxylic acids is 1. The van der Waals surface area contributed by atoms with Crippen LogP contribution in [0.1, 0.15) is 38.5 Å². The van der Waals surface area contributed by atoms with Crippen LogP contribution in [-0.2, 0) is 4.79 Å². The van der Waals surface area contributed by atoms with Crippen LogP contribution in [0.2, 0.25) is 0 Å². The van der Waals surface area contributed by atoms with Gasteiger partial charge < -0.3 is 10.4 Å². The van der Waals surface area contributed by atoms with E-state index in [1.54, 1.807) is 6.20 Å². The summed E-state index contributed by atoms with van der Waals surface area (Å²) < 4.78 is 0. The molecule has 0 saturated heterocycles. The maximum Gasteiger partial charge on any atom is 0.311 e. The Bertz CT molecular complexity index is 357. The number of nitrogens with one attached hydrogen (secondary N) is 1. The van der Waals surface area contributed by atoms with E-state index < -0.39 is 11.4 Å². The highest BCUT2D eigenvalue weighted by molar-refractivity contribution is 7.13. The summed E-state index contributed by atoms with van der Waals surface area (Å²) in [6.07, 6.45) is 7.64. The van der Waals surface area contributed by atoms with Crippen LogP contribution in [0.5, 0.6) is 0 Å². The van der Waals surface area contributed by atoms with E-state index in [9.17, 15) is 9.90 Å². The second-order valence-electron chi connectivity index (χ2n) is 4.69. The molecule has 0 atom stereocenters. The van der Waals surface area contributed by atoms with Crippen molar-refractivity contribution >= 4 is 22.4 Å². The molecule has 2 N–H and O–H groups in total. The highest BCUT2D eigenvalue weighted by Crippen LogP contribution is 2.35. The first kappa shape index (κ1) is 12.4. The molecule has 2 rings (SSSR count). The summed E-state index contributed by atoms with van der Waals surface area (Å²) in [6.45, 7) is 0.496. The molecule has 0 spiro atoms. The Labute approximate surface area is 105 Å². The van der Waals surface area contributed by atoms with Crippen LogP contribution >= 0.6 is 11.3 Å². The number of carboxylic acid groups (broad SMARTS) is 1. The summed E-state index contributed by atoms with van der Waals surface area (Å²) in [7, 11) is 0. The predicted octanol–water partition coefficient (Wildman–Crippen LogP) is 2.98. The largest absolute Gasteiger partial charge is 0.481 e. The topological polar surface area (TPSA) is 62.2 Å². The summed E-state index contributed by atoms with van der Waals surface area (Å²) in [4.78, 5) is 15.7. The number of hydrogen-bond donors (Lipinski definition) is 2. The SMILES string of the molecule is O=C(O)C1(CNc2nccs2)CCCCCC1. The second kappa shape index (κ2) is 5.49. The Balaban J connectivity index is 2.02. The highest BCUT2D eigenvalue weighted by Gasteiger charge is 2.38. The van der Waals surface area contributed by atoms with E-state index in [0.717, 1.165) is 43.7 Å². The van der Waals surface area contributed by atoms with Crippen molar-refractivity contribution in [3.8, 4) is 0 Å². The Kier molecular flexibility index (Phi) is 3.99. The van der Waals surface area contributed by atoms with E-state index in [0.29, 0.717) is 6.54 Å². The smallest absolute Gasteiger partial charge is 0.311 e. The number of thiazole rings is 1. The lowest BCUT2D eigenvalue weighted by Crippen LogP contribution is -2.37. The van der Waals surface area contributed by atoms with Gasteiger partial charge in [-0.15, -0.1) is 11.3 Å². The maximum atomic E-state index is 11.5. The molecule has 1 heterocycles. The Hall–Kier alpha value is -1.10. The van der Waals surface area contributed by atoms with Crippen molar-refractivity contribution < 1.29 is 9.90 Å². The standard InChI is InChI=1S/C12H18N2O2S/c15-10(16)12(5-3-1-2-4-6-12)9-14-11-13-7-8-17-11/h7-8H,1-6,9H2,(H,13,14)(H,15,16). The number of nitrogens with zero attached hydrogens (tertiary/aromatic N) is 1. The van der Waals surface area contributed by atoms with Gasteiger partial charge in [0.05, 0.1) is 5.41 Å². The molecule has 94 valence electrons. The summed E-state index contributed by atoms with van der Waals surface area (Å²) in [5.74, 6) is -0.663. The van der Waals surface area contributed by atoms with Gasteiger partial charge in [0.2, 0.25) is 0 Å². The van der Waals surface area contributed by atoms with Crippen LogP contribution in [0, 0.1) is 5.41 Å². The number of aliphatic carboxylic acids is 1. The fourth-order valence-electron chi connectivity index (χ4n) is 2.43. The number of hydrogen-bond acceptors (Lipinski definition) is 4. The second-order valence-corrected chi connectivity index (χ2v) is 5.59. The summed E-state index contributed by atoms with van der Waals surface area (Å²) in [6, 6.07) is 0. The normalized spacial score (nSPS) is 19.5. The Morgan fingerprint density at radius 2 is 2.12 bits per heavy atom. The van der Waals surface area contributed by atoms with Gasteiger partial charge in [0.25, 0.3) is 0 Å². The van der Waals surface area contributed by atoms with Crippen molar-refractivity contribution in [2.45, 2.75) is 38.5 Å². The third-order valence-corrected chi connectivity index (χ3v) is 4.26. The van der Waals surface area contributed by atoms with Gasteiger partial charge in [0, 0.05) is 18.1 Å². The van der Waals surface area contributed by atoms with Crippen molar-refractivity contribution in [1.82, 2.24) is 4.98 Å². The first-order valence-electron chi connectivity index (χ1n) is 6.10. The van der Waals surface area contributed by atoms with Gasteiger partial charge in [-0.05, 0) is 12.8 Å². The van der Waals surface area contributed by atoms with E-state index >= 15 is 0 Å². The molecule has 1 aliphatic rings. The molecule has 1 saturated carbocycles. The van der Waals surface area contributed by atoms with Gasteiger partial charge in [-0.3, -0.25) is 4.79 Å². The Morgan fingerprint density at radius 3 is 2.65 bits per heavy atom. The average Bonchev–Trinajstić information content (AvgIpc) is 2.71. The van der Waals surface area contributed by atoms with Gasteiger partial charge in [0.15, 0.2) is 5.13 Å². The molecule has 0 aliphatic heterocycles. The highest BCUT2D eigenvalue weighted by atomic mass is 32.1. The molecule has 1 aromatic heterocycles. The van der Waals surface area contributed by atoms with Crippen LogP contribution in [0.3, 0.4) is 0 Å². The number of carbonyl (C=O) groups is 1. The lowest BCUT2D eigenvalue weighted by atomic mass is 9.80. The van der Waals surface area contributed by atoms with Gasteiger partial charge in [0.1, 0.15) is 0 Å². The minimum absolute atomic E-state index is 0.496. The van der Waals surface area contributed by atoms with Crippen molar-refractivity contribution in [3.05, 3.63) is 11.6 Å². The summed E-state index contributed by atoms with van der Waals surface area (Å²) in [5, 5.41) is 15.4. The Morgan fingerprint density at radius 1 is 1.41 bits per heavy atom. The van der Waals surface area contributed by atoms with Crippen LogP contribution in [-0.4, -0.2) is 22.6 Å². The molecule has 0 aromatic carbocycles. The first-order valence-corrected chi connectivity index (χ1v) is 6.98. The lowest BCUT2D eigenvalue weighted by Gasteiger charge is -2.28. The molecule has 0 amide bonds. The fraction of sp³-hybridized carbons (Fsp3) is 0.667. The number of aromatic nitrogens is 1. The van der Waals surface area contributed by atoms with Gasteiger partial charge in [-0.2, -0.15) is 0 Å². The van der Waals surface area contributed by atoms with E-state index in [4.69, 9.17) is 0 Å². The first-order chi connectivity index (χ1) is 8.23. The van der Waals surface area contributed by atoms with Gasteiger partial charge in [-0.1, -0.05) is 25.7 Å². The molecule has 1 aliphatic carbocycles. The van der Waals surface area contributed by atoms with E-state index in [-0.39, 0.29) is 0 Å². The summed E-state index contributed by atoms with van der Waals surface area (Å²) >= 11 is 1.51. The van der Waals surface area contributed by atoms with Crippen molar-refractivity contribution in [1.29, 1.82) is 0 Å². The average molecular weight is 254 g/mol. The molecule has 5 heteroatoms. The zero-order chi connectivity index (χ0) is 12.1. The predicted molar refractivity (Wildman–Crippen MR) is 68.4 cm³/mol. The van der Waals surface area contributed by atoms with Crippen molar-refractivity contribution in [2.24, 2.45) is 5.41 Å².